The van der Waals surface area contributed by atoms with Crippen LogP contribution in [0.15, 0.2) is 48.5 Å². The van der Waals surface area contributed by atoms with Gasteiger partial charge >= 0.3 is 12.6 Å². The Kier molecular flexibility index (Phi) is 7.10. The van der Waals surface area contributed by atoms with Gasteiger partial charge in [-0.25, -0.2) is 4.79 Å². The fourth-order valence-electron chi connectivity index (χ4n) is 2.10. The van der Waals surface area contributed by atoms with Crippen LogP contribution in [0.5, 0.6) is 11.5 Å². The first-order valence-corrected chi connectivity index (χ1v) is 8.18. The third-order valence-electron chi connectivity index (χ3n) is 3.40. The topological polar surface area (TPSA) is 73.9 Å². The molecule has 8 heteroatoms. The Morgan fingerprint density at radius 1 is 1.00 bits per heavy atom. The van der Waals surface area contributed by atoms with Crippen molar-refractivity contribution >= 4 is 17.6 Å². The Labute approximate surface area is 155 Å². The quantitative estimate of drug-likeness (QED) is 0.705. The fraction of sp³-hybridized carbons (Fsp3) is 0.263. The van der Waals surface area contributed by atoms with Crippen LogP contribution >= 0.6 is 0 Å². The van der Waals surface area contributed by atoms with Gasteiger partial charge in [0.1, 0.15) is 11.5 Å². The molecule has 2 rings (SSSR count). The summed E-state index contributed by atoms with van der Waals surface area (Å²) in [5.41, 5.74) is 0.636. The van der Waals surface area contributed by atoms with Crippen molar-refractivity contribution < 1.29 is 32.6 Å². The molecule has 144 valence electrons. The predicted octanol–water partition coefficient (Wildman–Crippen LogP) is 3.87. The number of anilines is 1. The number of alkyl halides is 2. The van der Waals surface area contributed by atoms with Crippen LogP contribution in [0.1, 0.15) is 24.2 Å². The summed E-state index contributed by atoms with van der Waals surface area (Å²) in [6, 6.07) is 11.7. The van der Waals surface area contributed by atoms with E-state index in [-0.39, 0.29) is 11.3 Å². The Morgan fingerprint density at radius 3 is 2.15 bits per heavy atom. The molecule has 0 aromatic heterocycles. The standard InChI is InChI=1S/C19H19F2NO5/c1-3-25-15-10-6-14(7-11-15)22-17(23)12(2)26-18(24)13-4-8-16(9-5-13)27-19(20)21/h4-12,19H,3H2,1-2H3,(H,22,23)/t12-/m1/s1. The molecular weight excluding hydrogens is 360 g/mol. The van der Waals surface area contributed by atoms with Gasteiger partial charge in [-0.3, -0.25) is 4.79 Å². The molecule has 1 atom stereocenters. The molecule has 1 amide bonds. The zero-order chi connectivity index (χ0) is 19.8. The molecule has 6 nitrogen and oxygen atoms in total. The Balaban J connectivity index is 1.90. The monoisotopic (exact) mass is 379 g/mol. The van der Waals surface area contributed by atoms with Crippen LogP contribution in [0.3, 0.4) is 0 Å². The third-order valence-corrected chi connectivity index (χ3v) is 3.40. The van der Waals surface area contributed by atoms with Crippen molar-refractivity contribution in [2.45, 2.75) is 26.6 Å². The molecule has 1 N–H and O–H groups in total. The number of nitrogens with one attached hydrogen (secondary N) is 1. The number of esters is 1. The van der Waals surface area contributed by atoms with E-state index in [4.69, 9.17) is 9.47 Å². The van der Waals surface area contributed by atoms with E-state index >= 15 is 0 Å². The van der Waals surface area contributed by atoms with Crippen molar-refractivity contribution in [1.82, 2.24) is 0 Å². The summed E-state index contributed by atoms with van der Waals surface area (Å²) in [6.07, 6.45) is -1.05. The lowest BCUT2D eigenvalue weighted by molar-refractivity contribution is -0.123. The average molecular weight is 379 g/mol. The van der Waals surface area contributed by atoms with Crippen LogP contribution in [-0.4, -0.2) is 31.2 Å². The van der Waals surface area contributed by atoms with E-state index in [1.54, 1.807) is 24.3 Å². The summed E-state index contributed by atoms with van der Waals surface area (Å²) < 4.78 is 38.8. The van der Waals surface area contributed by atoms with Crippen LogP contribution < -0.4 is 14.8 Å². The van der Waals surface area contributed by atoms with E-state index < -0.39 is 24.6 Å². The summed E-state index contributed by atoms with van der Waals surface area (Å²) in [5, 5.41) is 2.62. The normalized spacial score (nSPS) is 11.6. The van der Waals surface area contributed by atoms with E-state index in [9.17, 15) is 18.4 Å². The van der Waals surface area contributed by atoms with Crippen molar-refractivity contribution in [2.24, 2.45) is 0 Å². The smallest absolute Gasteiger partial charge is 0.387 e. The number of carbonyl (C=O) groups excluding carboxylic acids is 2. The maximum absolute atomic E-state index is 12.1. The van der Waals surface area contributed by atoms with Gasteiger partial charge in [0.05, 0.1) is 12.2 Å². The van der Waals surface area contributed by atoms with Crippen molar-refractivity contribution in [3.05, 3.63) is 54.1 Å². The largest absolute Gasteiger partial charge is 0.494 e. The Morgan fingerprint density at radius 2 is 1.59 bits per heavy atom. The number of benzene rings is 2. The van der Waals surface area contributed by atoms with Crippen molar-refractivity contribution in [2.75, 3.05) is 11.9 Å². The van der Waals surface area contributed by atoms with Crippen LogP contribution in [0.2, 0.25) is 0 Å². The SMILES string of the molecule is CCOc1ccc(NC(=O)[C@@H](C)OC(=O)c2ccc(OC(F)F)cc2)cc1. The Bertz CT molecular complexity index is 763. The predicted molar refractivity (Wildman–Crippen MR) is 94.2 cm³/mol. The second-order valence-corrected chi connectivity index (χ2v) is 5.40. The van der Waals surface area contributed by atoms with E-state index in [0.717, 1.165) is 0 Å². The molecule has 0 aliphatic rings. The number of amides is 1. The number of ether oxygens (including phenoxy) is 3. The number of carbonyl (C=O) groups is 2. The highest BCUT2D eigenvalue weighted by atomic mass is 19.3. The molecule has 0 saturated heterocycles. The van der Waals surface area contributed by atoms with Crippen LogP contribution in [-0.2, 0) is 9.53 Å². The molecule has 0 fully saturated rings. The van der Waals surface area contributed by atoms with Gasteiger partial charge in [-0.15, -0.1) is 0 Å². The van der Waals surface area contributed by atoms with Crippen molar-refractivity contribution in [1.29, 1.82) is 0 Å². The van der Waals surface area contributed by atoms with Gasteiger partial charge in [0.25, 0.3) is 5.91 Å². The van der Waals surface area contributed by atoms with Gasteiger partial charge in [0, 0.05) is 5.69 Å². The second kappa shape index (κ2) is 9.51. The zero-order valence-corrected chi connectivity index (χ0v) is 14.8. The average Bonchev–Trinajstić information content (AvgIpc) is 2.63. The number of rotatable bonds is 8. The van der Waals surface area contributed by atoms with E-state index in [2.05, 4.69) is 10.1 Å². The van der Waals surface area contributed by atoms with Gasteiger partial charge in [0.15, 0.2) is 6.10 Å². The van der Waals surface area contributed by atoms with Crippen molar-refractivity contribution in [3.63, 3.8) is 0 Å². The highest BCUT2D eigenvalue weighted by Crippen LogP contribution is 2.17. The highest BCUT2D eigenvalue weighted by Gasteiger charge is 2.19. The second-order valence-electron chi connectivity index (χ2n) is 5.40. The molecule has 0 bridgehead atoms. The van der Waals surface area contributed by atoms with Crippen LogP contribution in [0, 0.1) is 0 Å². The van der Waals surface area contributed by atoms with E-state index in [1.165, 1.54) is 31.2 Å². The molecule has 27 heavy (non-hydrogen) atoms. The zero-order valence-electron chi connectivity index (χ0n) is 14.8. The maximum atomic E-state index is 12.1. The number of hydrogen-bond acceptors (Lipinski definition) is 5. The van der Waals surface area contributed by atoms with Gasteiger partial charge < -0.3 is 19.5 Å². The summed E-state index contributed by atoms with van der Waals surface area (Å²) in [7, 11) is 0. The van der Waals surface area contributed by atoms with Crippen LogP contribution in [0.4, 0.5) is 14.5 Å². The van der Waals surface area contributed by atoms with Gasteiger partial charge in [-0.2, -0.15) is 8.78 Å². The highest BCUT2D eigenvalue weighted by molar-refractivity contribution is 5.97. The van der Waals surface area contributed by atoms with Crippen LogP contribution in [0.25, 0.3) is 0 Å². The molecule has 0 radical (unpaired) electrons. The minimum absolute atomic E-state index is 0.0807. The minimum atomic E-state index is -2.95. The maximum Gasteiger partial charge on any atom is 0.387 e. The Hall–Kier alpha value is -3.16. The molecule has 2 aromatic rings. The molecule has 0 unspecified atom stereocenters. The van der Waals surface area contributed by atoms with E-state index in [1.807, 2.05) is 6.92 Å². The first-order valence-electron chi connectivity index (χ1n) is 8.18. The molecule has 0 aliphatic carbocycles. The lowest BCUT2D eigenvalue weighted by atomic mass is 10.2. The summed E-state index contributed by atoms with van der Waals surface area (Å²) in [6.45, 7) is 0.879. The molecule has 0 aliphatic heterocycles. The first-order chi connectivity index (χ1) is 12.9. The summed E-state index contributed by atoms with van der Waals surface area (Å²) >= 11 is 0. The van der Waals surface area contributed by atoms with Crippen molar-refractivity contribution in [3.8, 4) is 11.5 Å². The molecule has 0 saturated carbocycles. The van der Waals surface area contributed by atoms with Gasteiger partial charge in [0.2, 0.25) is 0 Å². The first kappa shape index (κ1) is 20.2. The van der Waals surface area contributed by atoms with Gasteiger partial charge in [-0.1, -0.05) is 0 Å². The number of hydrogen-bond donors (Lipinski definition) is 1. The number of halogens is 2. The summed E-state index contributed by atoms with van der Waals surface area (Å²) in [4.78, 5) is 24.2. The lowest BCUT2D eigenvalue weighted by Gasteiger charge is -2.14. The van der Waals surface area contributed by atoms with Gasteiger partial charge in [-0.05, 0) is 62.4 Å². The third kappa shape index (κ3) is 6.25. The van der Waals surface area contributed by atoms with E-state index in [0.29, 0.717) is 18.0 Å². The molecule has 2 aromatic carbocycles. The summed E-state index contributed by atoms with van der Waals surface area (Å²) in [5.74, 6) is -0.671. The molecule has 0 heterocycles. The fourth-order valence-corrected chi connectivity index (χ4v) is 2.10. The molecular formula is C19H19F2NO5. The lowest BCUT2D eigenvalue weighted by Crippen LogP contribution is -2.30. The minimum Gasteiger partial charge on any atom is -0.494 e. The molecule has 0 spiro atoms.